The molecule has 2 nitrogen and oxygen atoms in total. The first-order chi connectivity index (χ1) is 7.10. The molecular formula is C13H21N2. The minimum Gasteiger partial charge on any atom is -0.388 e. The largest absolute Gasteiger partial charge is 0.388 e. The van der Waals surface area contributed by atoms with Crippen LogP contribution in [0, 0.1) is 6.92 Å². The molecule has 15 heavy (non-hydrogen) atoms. The molecule has 0 amide bonds. The Balaban J connectivity index is 3.16. The highest BCUT2D eigenvalue weighted by molar-refractivity contribution is 5.61. The van der Waals surface area contributed by atoms with Crippen LogP contribution in [0.25, 0.3) is 0 Å². The Labute approximate surface area is 93.3 Å². The predicted octanol–water partition coefficient (Wildman–Crippen LogP) is 3.12. The lowest BCUT2D eigenvalue weighted by atomic mass is 9.96. The molecule has 0 heterocycles. The molecule has 0 aliphatic heterocycles. The second-order valence-corrected chi connectivity index (χ2v) is 4.02. The predicted molar refractivity (Wildman–Crippen MR) is 68.7 cm³/mol. The van der Waals surface area contributed by atoms with Gasteiger partial charge in [-0.1, -0.05) is 6.92 Å². The van der Waals surface area contributed by atoms with Crippen LogP contribution in [-0.4, -0.2) is 21.1 Å². The van der Waals surface area contributed by atoms with Crippen molar-refractivity contribution in [1.82, 2.24) is 0 Å². The third-order valence-electron chi connectivity index (χ3n) is 2.73. The number of rotatable bonds is 4. The molecule has 0 fully saturated rings. The highest BCUT2D eigenvalue weighted by Crippen LogP contribution is 2.30. The molecule has 1 rings (SSSR count). The zero-order valence-electron chi connectivity index (χ0n) is 10.2. The lowest BCUT2D eigenvalue weighted by Gasteiger charge is -2.21. The van der Waals surface area contributed by atoms with Crippen molar-refractivity contribution in [2.24, 2.45) is 0 Å². The molecule has 0 saturated heterocycles. The molecule has 1 N–H and O–H groups in total. The first-order valence-corrected chi connectivity index (χ1v) is 5.42. The van der Waals surface area contributed by atoms with Crippen LogP contribution >= 0.6 is 0 Å². The Morgan fingerprint density at radius 3 is 2.53 bits per heavy atom. The number of hydrogen-bond donors (Lipinski definition) is 1. The van der Waals surface area contributed by atoms with Gasteiger partial charge in [0.15, 0.2) is 0 Å². The molecule has 0 aliphatic rings. The Morgan fingerprint density at radius 1 is 1.40 bits per heavy atom. The second-order valence-electron chi connectivity index (χ2n) is 4.02. The molecule has 1 atom stereocenters. The first kappa shape index (κ1) is 11.9. The van der Waals surface area contributed by atoms with E-state index in [9.17, 15) is 0 Å². The lowest BCUT2D eigenvalue weighted by molar-refractivity contribution is 0.798. The van der Waals surface area contributed by atoms with Crippen molar-refractivity contribution in [2.75, 3.05) is 31.4 Å². The first-order valence-electron chi connectivity index (χ1n) is 5.42. The van der Waals surface area contributed by atoms with Crippen LogP contribution in [0.5, 0.6) is 0 Å². The van der Waals surface area contributed by atoms with Crippen LogP contribution in [0.4, 0.5) is 11.4 Å². The quantitative estimate of drug-likeness (QED) is 0.812. The van der Waals surface area contributed by atoms with E-state index in [0.717, 1.165) is 12.1 Å². The Hall–Kier alpha value is -1.18. The van der Waals surface area contributed by atoms with E-state index in [0.29, 0.717) is 5.92 Å². The summed E-state index contributed by atoms with van der Waals surface area (Å²) in [5.74, 6) is 0.357. The summed E-state index contributed by atoms with van der Waals surface area (Å²) in [5.41, 5.74) is 3.72. The SMILES string of the molecule is [CH2]C(CC)c1cc(NC)ccc1N(C)C. The molecule has 0 spiro atoms. The zero-order chi connectivity index (χ0) is 11.4. The second kappa shape index (κ2) is 5.06. The van der Waals surface area contributed by atoms with E-state index in [1.54, 1.807) is 0 Å². The standard InChI is InChI=1S/C13H21N2/c1-6-10(2)12-9-11(14-3)7-8-13(12)15(4)5/h7-10,14H,2,6H2,1,3-5H3. The van der Waals surface area contributed by atoms with Crippen LogP contribution in [0.15, 0.2) is 18.2 Å². The number of nitrogens with zero attached hydrogens (tertiary/aromatic N) is 1. The van der Waals surface area contributed by atoms with Gasteiger partial charge < -0.3 is 10.2 Å². The van der Waals surface area contributed by atoms with E-state index in [1.807, 2.05) is 7.05 Å². The van der Waals surface area contributed by atoms with Gasteiger partial charge in [0.1, 0.15) is 0 Å². The van der Waals surface area contributed by atoms with Gasteiger partial charge in [0.2, 0.25) is 0 Å². The summed E-state index contributed by atoms with van der Waals surface area (Å²) in [4.78, 5) is 2.14. The third kappa shape index (κ3) is 2.65. The van der Waals surface area contributed by atoms with Gasteiger partial charge in [-0.3, -0.25) is 0 Å². The van der Waals surface area contributed by atoms with E-state index in [2.05, 4.69) is 56.4 Å². The van der Waals surface area contributed by atoms with Crippen molar-refractivity contribution in [1.29, 1.82) is 0 Å². The van der Waals surface area contributed by atoms with E-state index in [1.165, 1.54) is 11.3 Å². The maximum absolute atomic E-state index is 4.19. The molecule has 1 aromatic carbocycles. The normalized spacial score (nSPS) is 12.3. The fourth-order valence-electron chi connectivity index (χ4n) is 1.66. The Morgan fingerprint density at radius 2 is 2.07 bits per heavy atom. The van der Waals surface area contributed by atoms with Crippen LogP contribution in [-0.2, 0) is 0 Å². The Kier molecular flexibility index (Phi) is 4.01. The van der Waals surface area contributed by atoms with Crippen molar-refractivity contribution in [3.63, 3.8) is 0 Å². The van der Waals surface area contributed by atoms with Crippen LogP contribution in [0.3, 0.4) is 0 Å². The average molecular weight is 205 g/mol. The minimum absolute atomic E-state index is 0.357. The van der Waals surface area contributed by atoms with Gasteiger partial charge in [-0.25, -0.2) is 0 Å². The summed E-state index contributed by atoms with van der Waals surface area (Å²) < 4.78 is 0. The van der Waals surface area contributed by atoms with Crippen molar-refractivity contribution in [2.45, 2.75) is 19.3 Å². The molecule has 2 heteroatoms. The van der Waals surface area contributed by atoms with Crippen molar-refractivity contribution in [3.8, 4) is 0 Å². The van der Waals surface area contributed by atoms with Gasteiger partial charge in [0, 0.05) is 32.5 Å². The number of hydrogen-bond acceptors (Lipinski definition) is 2. The third-order valence-corrected chi connectivity index (χ3v) is 2.73. The van der Waals surface area contributed by atoms with E-state index >= 15 is 0 Å². The van der Waals surface area contributed by atoms with E-state index < -0.39 is 0 Å². The fourth-order valence-corrected chi connectivity index (χ4v) is 1.66. The summed E-state index contributed by atoms with van der Waals surface area (Å²) in [6.45, 7) is 6.36. The molecule has 0 aliphatic carbocycles. The smallest absolute Gasteiger partial charge is 0.0397 e. The molecule has 1 radical (unpaired) electrons. The minimum atomic E-state index is 0.357. The lowest BCUT2D eigenvalue weighted by Crippen LogP contribution is -2.12. The van der Waals surface area contributed by atoms with Crippen molar-refractivity contribution in [3.05, 3.63) is 30.7 Å². The monoisotopic (exact) mass is 205 g/mol. The maximum Gasteiger partial charge on any atom is 0.0397 e. The van der Waals surface area contributed by atoms with Gasteiger partial charge >= 0.3 is 0 Å². The fraction of sp³-hybridized carbons (Fsp3) is 0.462. The molecular weight excluding hydrogens is 184 g/mol. The molecule has 1 unspecified atom stereocenters. The van der Waals surface area contributed by atoms with Gasteiger partial charge in [-0.15, -0.1) is 0 Å². The Bertz CT molecular complexity index is 318. The summed E-state index contributed by atoms with van der Waals surface area (Å²) in [7, 11) is 6.08. The summed E-state index contributed by atoms with van der Waals surface area (Å²) >= 11 is 0. The van der Waals surface area contributed by atoms with E-state index in [-0.39, 0.29) is 0 Å². The highest BCUT2D eigenvalue weighted by Gasteiger charge is 2.11. The van der Waals surface area contributed by atoms with Crippen LogP contribution in [0.1, 0.15) is 24.8 Å². The molecule has 1 aromatic rings. The van der Waals surface area contributed by atoms with Crippen LogP contribution < -0.4 is 10.2 Å². The topological polar surface area (TPSA) is 15.3 Å². The zero-order valence-corrected chi connectivity index (χ0v) is 10.2. The van der Waals surface area contributed by atoms with Crippen LogP contribution in [0.2, 0.25) is 0 Å². The summed E-state index contributed by atoms with van der Waals surface area (Å²) in [5, 5.41) is 3.17. The summed E-state index contributed by atoms with van der Waals surface area (Å²) in [6, 6.07) is 6.44. The number of anilines is 2. The number of benzene rings is 1. The van der Waals surface area contributed by atoms with Gasteiger partial charge in [-0.2, -0.15) is 0 Å². The van der Waals surface area contributed by atoms with Gasteiger partial charge in [0.05, 0.1) is 0 Å². The molecule has 0 saturated carbocycles. The average Bonchev–Trinajstić information content (AvgIpc) is 2.26. The summed E-state index contributed by atoms with van der Waals surface area (Å²) in [6.07, 6.45) is 1.06. The van der Waals surface area contributed by atoms with E-state index in [4.69, 9.17) is 0 Å². The highest BCUT2D eigenvalue weighted by atomic mass is 15.1. The molecule has 83 valence electrons. The molecule has 0 bridgehead atoms. The number of nitrogens with one attached hydrogen (secondary N) is 1. The van der Waals surface area contributed by atoms with Crippen molar-refractivity contribution < 1.29 is 0 Å². The maximum atomic E-state index is 4.19. The van der Waals surface area contributed by atoms with Gasteiger partial charge in [0.25, 0.3) is 0 Å². The van der Waals surface area contributed by atoms with Gasteiger partial charge in [-0.05, 0) is 43.0 Å². The molecule has 0 aromatic heterocycles. The van der Waals surface area contributed by atoms with Crippen molar-refractivity contribution >= 4 is 11.4 Å².